The van der Waals surface area contributed by atoms with Crippen LogP contribution in [0.15, 0.2) is 42.6 Å². The molecular weight excluding hydrogens is 369 g/mol. The Kier molecular flexibility index (Phi) is 5.47. The molecule has 4 nitrogen and oxygen atoms in total. The minimum Gasteiger partial charge on any atom is -0.480 e. The third kappa shape index (κ3) is 4.54. The fourth-order valence-corrected chi connectivity index (χ4v) is 3.46. The predicted molar refractivity (Wildman–Crippen MR) is 101 cm³/mol. The highest BCUT2D eigenvalue weighted by Crippen LogP contribution is 2.33. The number of fused-ring (bicyclic) bond motifs is 1. The number of carboxylic acids is 1. The van der Waals surface area contributed by atoms with Gasteiger partial charge in [0.25, 0.3) is 0 Å². The first-order valence-electron chi connectivity index (χ1n) is 8.84. The number of aromatic nitrogens is 1. The second-order valence-electron chi connectivity index (χ2n) is 7.04. The van der Waals surface area contributed by atoms with Gasteiger partial charge in [-0.3, -0.25) is 10.1 Å². The third-order valence-electron chi connectivity index (χ3n) is 4.64. The Balaban J connectivity index is 1.84. The summed E-state index contributed by atoms with van der Waals surface area (Å²) in [5.74, 6) is -1.04. The Morgan fingerprint density at radius 2 is 1.82 bits per heavy atom. The fourth-order valence-electron chi connectivity index (χ4n) is 3.46. The minimum absolute atomic E-state index is 0.0139. The van der Waals surface area contributed by atoms with Crippen LogP contribution in [0.2, 0.25) is 0 Å². The van der Waals surface area contributed by atoms with Gasteiger partial charge in [-0.15, -0.1) is 0 Å². The van der Waals surface area contributed by atoms with Crippen molar-refractivity contribution in [3.05, 3.63) is 70.4 Å². The van der Waals surface area contributed by atoms with Crippen LogP contribution in [-0.4, -0.2) is 22.1 Å². The number of nitrogens with one attached hydrogen (secondary N) is 2. The Bertz CT molecular complexity index is 988. The second kappa shape index (κ2) is 7.67. The molecule has 148 valence electrons. The van der Waals surface area contributed by atoms with E-state index < -0.39 is 23.8 Å². The fraction of sp³-hybridized carbons (Fsp3) is 0.286. The van der Waals surface area contributed by atoms with Crippen LogP contribution < -0.4 is 5.32 Å². The molecule has 2 aromatic carbocycles. The highest BCUT2D eigenvalue weighted by molar-refractivity contribution is 5.84. The number of aryl methyl sites for hydroxylation is 2. The highest BCUT2D eigenvalue weighted by Gasteiger charge is 2.31. The van der Waals surface area contributed by atoms with E-state index in [4.69, 9.17) is 0 Å². The average molecular weight is 390 g/mol. The number of rotatable bonds is 6. The van der Waals surface area contributed by atoms with Gasteiger partial charge in [-0.1, -0.05) is 29.3 Å². The molecule has 0 fully saturated rings. The Hall–Kier alpha value is -2.80. The number of aliphatic carboxylic acids is 1. The van der Waals surface area contributed by atoms with Crippen LogP contribution in [0.5, 0.6) is 0 Å². The van der Waals surface area contributed by atoms with Crippen LogP contribution in [0.1, 0.15) is 27.8 Å². The van der Waals surface area contributed by atoms with E-state index in [0.717, 1.165) is 28.8 Å². The highest BCUT2D eigenvalue weighted by atomic mass is 19.4. The molecule has 1 atom stereocenters. The van der Waals surface area contributed by atoms with Crippen LogP contribution in [0.4, 0.5) is 13.2 Å². The first-order chi connectivity index (χ1) is 13.1. The second-order valence-corrected chi connectivity index (χ2v) is 7.04. The molecule has 3 N–H and O–H groups in total. The largest absolute Gasteiger partial charge is 0.480 e. The van der Waals surface area contributed by atoms with Crippen molar-refractivity contribution in [1.29, 1.82) is 0 Å². The first-order valence-corrected chi connectivity index (χ1v) is 8.84. The molecule has 0 spiro atoms. The van der Waals surface area contributed by atoms with Crippen LogP contribution in [0, 0.1) is 13.8 Å². The Morgan fingerprint density at radius 3 is 2.43 bits per heavy atom. The summed E-state index contributed by atoms with van der Waals surface area (Å²) < 4.78 is 39.5. The van der Waals surface area contributed by atoms with Crippen molar-refractivity contribution in [2.24, 2.45) is 0 Å². The molecule has 0 aliphatic heterocycles. The van der Waals surface area contributed by atoms with Gasteiger partial charge in [0, 0.05) is 23.6 Å². The quantitative estimate of drug-likeness (QED) is 0.577. The van der Waals surface area contributed by atoms with Gasteiger partial charge >= 0.3 is 12.1 Å². The molecule has 0 saturated carbocycles. The van der Waals surface area contributed by atoms with Gasteiger partial charge in [0.1, 0.15) is 6.04 Å². The minimum atomic E-state index is -4.47. The van der Waals surface area contributed by atoms with Gasteiger partial charge in [0.05, 0.1) is 5.56 Å². The first kappa shape index (κ1) is 19.9. The lowest BCUT2D eigenvalue weighted by Gasteiger charge is -2.17. The van der Waals surface area contributed by atoms with Crippen molar-refractivity contribution in [3.63, 3.8) is 0 Å². The maximum atomic E-state index is 13.2. The zero-order chi connectivity index (χ0) is 20.5. The molecule has 0 aliphatic carbocycles. The number of benzene rings is 2. The summed E-state index contributed by atoms with van der Waals surface area (Å²) in [6, 6.07) is 8.73. The zero-order valence-electron chi connectivity index (χ0n) is 15.5. The number of hydrogen-bond acceptors (Lipinski definition) is 2. The van der Waals surface area contributed by atoms with Crippen molar-refractivity contribution < 1.29 is 23.1 Å². The van der Waals surface area contributed by atoms with Crippen LogP contribution in [0.3, 0.4) is 0 Å². The molecule has 7 heteroatoms. The van der Waals surface area contributed by atoms with Crippen molar-refractivity contribution in [1.82, 2.24) is 10.3 Å². The maximum Gasteiger partial charge on any atom is 0.416 e. The molecule has 1 aromatic heterocycles. The van der Waals surface area contributed by atoms with Crippen LogP contribution in [0.25, 0.3) is 10.9 Å². The van der Waals surface area contributed by atoms with Crippen molar-refractivity contribution >= 4 is 16.9 Å². The van der Waals surface area contributed by atoms with E-state index >= 15 is 0 Å². The third-order valence-corrected chi connectivity index (χ3v) is 4.64. The summed E-state index contributed by atoms with van der Waals surface area (Å²) in [5.41, 5.74) is 2.94. The normalized spacial score (nSPS) is 13.0. The van der Waals surface area contributed by atoms with E-state index in [1.165, 1.54) is 0 Å². The Morgan fingerprint density at radius 1 is 1.14 bits per heavy atom. The summed E-state index contributed by atoms with van der Waals surface area (Å²) in [7, 11) is 0. The van der Waals surface area contributed by atoms with Gasteiger partial charge in [-0.25, -0.2) is 0 Å². The number of aromatic amines is 1. The number of carboxylic acid groups (broad SMARTS) is 1. The SMILES string of the molecule is Cc1cc(C)cc(CC(NCc2cc(C(F)(F)F)cc3[nH]ccc23)C(=O)O)c1. The van der Waals surface area contributed by atoms with E-state index in [-0.39, 0.29) is 13.0 Å². The average Bonchev–Trinajstić information content (AvgIpc) is 3.05. The van der Waals surface area contributed by atoms with E-state index in [9.17, 15) is 23.1 Å². The molecular formula is C21H21F3N2O2. The Labute approximate surface area is 160 Å². The van der Waals surface area contributed by atoms with Crippen molar-refractivity contribution in [3.8, 4) is 0 Å². The van der Waals surface area contributed by atoms with Gasteiger partial charge in [0.2, 0.25) is 0 Å². The van der Waals surface area contributed by atoms with Crippen molar-refractivity contribution in [2.45, 2.75) is 39.0 Å². The number of carbonyl (C=O) groups is 1. The van der Waals surface area contributed by atoms with Gasteiger partial charge in [-0.2, -0.15) is 13.2 Å². The monoisotopic (exact) mass is 390 g/mol. The van der Waals surface area contributed by atoms with E-state index in [1.807, 2.05) is 32.0 Å². The predicted octanol–water partition coefficient (Wildman–Crippen LogP) is 4.59. The molecule has 0 saturated heterocycles. The van der Waals surface area contributed by atoms with Crippen LogP contribution >= 0.6 is 0 Å². The molecule has 3 rings (SSSR count). The lowest BCUT2D eigenvalue weighted by molar-refractivity contribution is -0.140. The molecule has 0 aliphatic rings. The lowest BCUT2D eigenvalue weighted by Crippen LogP contribution is -2.38. The zero-order valence-corrected chi connectivity index (χ0v) is 15.5. The number of hydrogen-bond donors (Lipinski definition) is 3. The van der Waals surface area contributed by atoms with Gasteiger partial charge in [-0.05, 0) is 49.6 Å². The summed E-state index contributed by atoms with van der Waals surface area (Å²) in [4.78, 5) is 14.5. The smallest absolute Gasteiger partial charge is 0.416 e. The summed E-state index contributed by atoms with van der Waals surface area (Å²) >= 11 is 0. The molecule has 3 aromatic rings. The summed E-state index contributed by atoms with van der Waals surface area (Å²) in [6.45, 7) is 3.88. The lowest BCUT2D eigenvalue weighted by atomic mass is 10.0. The standard InChI is InChI=1S/C21H21F3N2O2/c1-12-5-13(2)7-14(6-12)8-19(20(27)28)26-11-15-9-16(21(22,23)24)10-18-17(15)3-4-25-18/h3-7,9-10,19,25-26H,8,11H2,1-2H3,(H,27,28). The molecule has 0 radical (unpaired) electrons. The van der Waals surface area contributed by atoms with Gasteiger partial charge < -0.3 is 10.1 Å². The molecule has 28 heavy (non-hydrogen) atoms. The summed E-state index contributed by atoms with van der Waals surface area (Å²) in [6.07, 6.45) is -2.66. The number of H-pyrrole nitrogens is 1. The maximum absolute atomic E-state index is 13.2. The topological polar surface area (TPSA) is 65.1 Å². The molecule has 1 heterocycles. The van der Waals surface area contributed by atoms with E-state index in [1.54, 1.807) is 12.3 Å². The molecule has 1 unspecified atom stereocenters. The van der Waals surface area contributed by atoms with Gasteiger partial charge in [0.15, 0.2) is 0 Å². The van der Waals surface area contributed by atoms with Crippen molar-refractivity contribution in [2.75, 3.05) is 0 Å². The number of alkyl halides is 3. The van der Waals surface area contributed by atoms with E-state index in [2.05, 4.69) is 10.3 Å². The summed E-state index contributed by atoms with van der Waals surface area (Å²) in [5, 5.41) is 13.1. The molecule has 0 amide bonds. The number of halogens is 3. The van der Waals surface area contributed by atoms with Crippen LogP contribution in [-0.2, 0) is 23.9 Å². The van der Waals surface area contributed by atoms with E-state index in [0.29, 0.717) is 16.5 Å². The molecule has 0 bridgehead atoms.